The van der Waals surface area contributed by atoms with Crippen LogP contribution in [0.3, 0.4) is 0 Å². The lowest BCUT2D eigenvalue weighted by Crippen LogP contribution is -2.47. The van der Waals surface area contributed by atoms with Gasteiger partial charge in [0.2, 0.25) is 10.0 Å². The minimum absolute atomic E-state index is 0.0120. The number of rotatable bonds is 2. The van der Waals surface area contributed by atoms with Gasteiger partial charge in [-0.3, -0.25) is 4.31 Å². The number of sulfonamides is 1. The van der Waals surface area contributed by atoms with Crippen LogP contribution in [0.4, 0.5) is 18.9 Å². The fraction of sp³-hybridized carbons (Fsp3) is 0.611. The van der Waals surface area contributed by atoms with E-state index in [2.05, 4.69) is 0 Å². The SMILES string of the molecule is CC[C@]12[C@H]3CC[C@H](C3)[C@H]1CN(c1ccc(C#N)c(C(F)(F)F)c1)S2(=O)=O. The number of benzene rings is 1. The molecule has 0 radical (unpaired) electrons. The van der Waals surface area contributed by atoms with E-state index >= 15 is 0 Å². The fourth-order valence-corrected chi connectivity index (χ4v) is 8.52. The van der Waals surface area contributed by atoms with Crippen molar-refractivity contribution in [1.82, 2.24) is 0 Å². The molecule has 26 heavy (non-hydrogen) atoms. The molecule has 2 saturated carbocycles. The fourth-order valence-electron chi connectivity index (χ4n) is 5.71. The minimum Gasteiger partial charge on any atom is -0.269 e. The molecule has 0 unspecified atom stereocenters. The van der Waals surface area contributed by atoms with Gasteiger partial charge in [-0.1, -0.05) is 6.92 Å². The van der Waals surface area contributed by atoms with Crippen molar-refractivity contribution in [2.45, 2.75) is 43.5 Å². The summed E-state index contributed by atoms with van der Waals surface area (Å²) >= 11 is 0. The summed E-state index contributed by atoms with van der Waals surface area (Å²) in [5, 5.41) is 8.95. The highest BCUT2D eigenvalue weighted by molar-refractivity contribution is 7.94. The van der Waals surface area contributed by atoms with E-state index in [1.54, 1.807) is 0 Å². The molecule has 1 aliphatic heterocycles. The van der Waals surface area contributed by atoms with Crippen LogP contribution in [0.5, 0.6) is 0 Å². The number of halogens is 3. The van der Waals surface area contributed by atoms with Gasteiger partial charge in [-0.25, -0.2) is 8.42 Å². The van der Waals surface area contributed by atoms with Crippen molar-refractivity contribution >= 4 is 15.7 Å². The highest BCUT2D eigenvalue weighted by Crippen LogP contribution is 2.63. The Bertz CT molecular complexity index is 906. The lowest BCUT2D eigenvalue weighted by atomic mass is 9.77. The van der Waals surface area contributed by atoms with E-state index in [0.29, 0.717) is 12.3 Å². The summed E-state index contributed by atoms with van der Waals surface area (Å²) in [5.74, 6) is 0.402. The van der Waals surface area contributed by atoms with Gasteiger partial charge < -0.3 is 0 Å². The maximum Gasteiger partial charge on any atom is 0.417 e. The highest BCUT2D eigenvalue weighted by atomic mass is 32.2. The van der Waals surface area contributed by atoms with Crippen molar-refractivity contribution < 1.29 is 21.6 Å². The zero-order valence-corrected chi connectivity index (χ0v) is 15.1. The highest BCUT2D eigenvalue weighted by Gasteiger charge is 2.69. The monoisotopic (exact) mass is 384 g/mol. The average molecular weight is 384 g/mol. The lowest BCUT2D eigenvalue weighted by molar-refractivity contribution is -0.137. The van der Waals surface area contributed by atoms with Crippen molar-refractivity contribution in [3.05, 3.63) is 29.3 Å². The molecule has 1 aromatic carbocycles. The summed E-state index contributed by atoms with van der Waals surface area (Å²) in [6.07, 6.45) is -1.43. The summed E-state index contributed by atoms with van der Waals surface area (Å²) in [6, 6.07) is 4.72. The molecule has 2 aliphatic carbocycles. The Balaban J connectivity index is 1.83. The lowest BCUT2D eigenvalue weighted by Gasteiger charge is -2.36. The second-order valence-electron chi connectivity index (χ2n) is 7.56. The molecular weight excluding hydrogens is 365 g/mol. The van der Waals surface area contributed by atoms with E-state index in [0.717, 1.165) is 31.4 Å². The van der Waals surface area contributed by atoms with E-state index < -0.39 is 32.1 Å². The van der Waals surface area contributed by atoms with E-state index in [4.69, 9.17) is 5.26 Å². The van der Waals surface area contributed by atoms with Gasteiger partial charge in [0.25, 0.3) is 0 Å². The zero-order chi connectivity index (χ0) is 18.9. The summed E-state index contributed by atoms with van der Waals surface area (Å²) in [4.78, 5) is 0. The molecule has 8 heteroatoms. The topological polar surface area (TPSA) is 61.2 Å². The standard InChI is InChI=1S/C18H19F3N2O2S/c1-2-17-13-5-3-11(7-13)16(17)10-23(26(17,24)25)14-6-4-12(9-22)15(8-14)18(19,20)21/h4,6,8,11,13,16H,2-3,5,7,10H2,1H3/t11-,13+,16-,17+/m1/s1. The van der Waals surface area contributed by atoms with Crippen molar-refractivity contribution in [2.75, 3.05) is 10.8 Å². The molecule has 1 aromatic rings. The Hall–Kier alpha value is -1.75. The van der Waals surface area contributed by atoms with Crippen molar-refractivity contribution in [1.29, 1.82) is 5.26 Å². The third-order valence-electron chi connectivity index (χ3n) is 6.76. The van der Waals surface area contributed by atoms with Crippen LogP contribution in [0.2, 0.25) is 0 Å². The molecule has 0 amide bonds. The van der Waals surface area contributed by atoms with Crippen LogP contribution in [-0.4, -0.2) is 19.7 Å². The molecule has 3 aliphatic rings. The predicted octanol–water partition coefficient (Wildman–Crippen LogP) is 3.92. The molecule has 1 heterocycles. The molecule has 1 saturated heterocycles. The molecule has 2 bridgehead atoms. The van der Waals surface area contributed by atoms with Crippen LogP contribution in [0, 0.1) is 29.1 Å². The van der Waals surface area contributed by atoms with Crippen molar-refractivity contribution in [3.8, 4) is 6.07 Å². The largest absolute Gasteiger partial charge is 0.417 e. The van der Waals surface area contributed by atoms with Crippen LogP contribution in [-0.2, 0) is 16.2 Å². The number of fused-ring (bicyclic) bond motifs is 5. The Morgan fingerprint density at radius 2 is 2.08 bits per heavy atom. The zero-order valence-electron chi connectivity index (χ0n) is 14.3. The summed E-state index contributed by atoms with van der Waals surface area (Å²) in [6.45, 7) is 2.11. The Labute approximate surface area is 150 Å². The number of nitriles is 1. The van der Waals surface area contributed by atoms with Crippen LogP contribution < -0.4 is 4.31 Å². The summed E-state index contributed by atoms with van der Waals surface area (Å²) < 4.78 is 67.0. The van der Waals surface area contributed by atoms with Gasteiger partial charge in [0.05, 0.1) is 27.6 Å². The van der Waals surface area contributed by atoms with E-state index in [-0.39, 0.29) is 24.1 Å². The minimum atomic E-state index is -4.71. The van der Waals surface area contributed by atoms with Crippen LogP contribution in [0.1, 0.15) is 43.7 Å². The molecule has 4 atom stereocenters. The first-order valence-electron chi connectivity index (χ1n) is 8.80. The van der Waals surface area contributed by atoms with Gasteiger partial charge in [-0.15, -0.1) is 0 Å². The Morgan fingerprint density at radius 3 is 2.65 bits per heavy atom. The third kappa shape index (κ3) is 2.04. The quantitative estimate of drug-likeness (QED) is 0.776. The maximum absolute atomic E-state index is 13.4. The van der Waals surface area contributed by atoms with Gasteiger partial charge in [-0.05, 0) is 55.7 Å². The van der Waals surface area contributed by atoms with Crippen LogP contribution in [0.25, 0.3) is 0 Å². The smallest absolute Gasteiger partial charge is 0.269 e. The molecular formula is C18H19F3N2O2S. The molecule has 0 aromatic heterocycles. The molecule has 140 valence electrons. The Morgan fingerprint density at radius 1 is 1.35 bits per heavy atom. The van der Waals surface area contributed by atoms with Crippen molar-refractivity contribution in [3.63, 3.8) is 0 Å². The van der Waals surface area contributed by atoms with Gasteiger partial charge in [0.1, 0.15) is 0 Å². The first kappa shape index (κ1) is 17.7. The Kier molecular flexibility index (Phi) is 3.65. The molecule has 3 fully saturated rings. The average Bonchev–Trinajstić information content (AvgIpc) is 3.23. The van der Waals surface area contributed by atoms with Gasteiger partial charge >= 0.3 is 6.18 Å². The number of alkyl halides is 3. The van der Waals surface area contributed by atoms with Crippen molar-refractivity contribution in [2.24, 2.45) is 17.8 Å². The number of hydrogen-bond donors (Lipinski definition) is 0. The second-order valence-corrected chi connectivity index (χ2v) is 9.71. The molecule has 4 rings (SSSR count). The number of anilines is 1. The summed E-state index contributed by atoms with van der Waals surface area (Å²) in [7, 11) is -3.76. The van der Waals surface area contributed by atoms with Crippen LogP contribution >= 0.6 is 0 Å². The van der Waals surface area contributed by atoms with Crippen LogP contribution in [0.15, 0.2) is 18.2 Å². The molecule has 0 N–H and O–H groups in total. The van der Waals surface area contributed by atoms with E-state index in [1.807, 2.05) is 6.92 Å². The number of hydrogen-bond acceptors (Lipinski definition) is 3. The van der Waals surface area contributed by atoms with E-state index in [1.165, 1.54) is 16.4 Å². The molecule has 4 nitrogen and oxygen atoms in total. The van der Waals surface area contributed by atoms with Gasteiger partial charge in [0, 0.05) is 12.5 Å². The summed E-state index contributed by atoms with van der Waals surface area (Å²) in [5.41, 5.74) is -1.57. The maximum atomic E-state index is 13.4. The van der Waals surface area contributed by atoms with Gasteiger partial charge in [0.15, 0.2) is 0 Å². The molecule has 0 spiro atoms. The second kappa shape index (κ2) is 5.38. The third-order valence-corrected chi connectivity index (χ3v) is 9.59. The van der Waals surface area contributed by atoms with Gasteiger partial charge in [-0.2, -0.15) is 18.4 Å². The predicted molar refractivity (Wildman–Crippen MR) is 89.8 cm³/mol. The van der Waals surface area contributed by atoms with E-state index in [9.17, 15) is 21.6 Å². The first-order chi connectivity index (χ1) is 12.2. The first-order valence-corrected chi connectivity index (χ1v) is 10.2. The number of nitrogens with zero attached hydrogens (tertiary/aromatic N) is 2. The normalized spacial score (nSPS) is 34.7.